The van der Waals surface area contributed by atoms with E-state index < -0.39 is 0 Å². The Kier molecular flexibility index (Phi) is 9.76. The minimum atomic E-state index is 0.383. The Morgan fingerprint density at radius 2 is 1.67 bits per heavy atom. The summed E-state index contributed by atoms with van der Waals surface area (Å²) in [5, 5.41) is 3.69. The van der Waals surface area contributed by atoms with E-state index >= 15 is 0 Å². The van der Waals surface area contributed by atoms with Crippen LogP contribution < -0.4 is 5.32 Å². The highest BCUT2D eigenvalue weighted by Gasteiger charge is 2.22. The fraction of sp³-hybridized carbons (Fsp3) is 1.00. The molecular formula is C16H35NO. The molecule has 0 heterocycles. The van der Waals surface area contributed by atoms with Crippen molar-refractivity contribution in [3.05, 3.63) is 0 Å². The van der Waals surface area contributed by atoms with E-state index in [-0.39, 0.29) is 0 Å². The molecule has 0 rings (SSSR count). The van der Waals surface area contributed by atoms with Crippen LogP contribution in [0.25, 0.3) is 0 Å². The third-order valence-corrected chi connectivity index (χ3v) is 3.26. The molecule has 0 aromatic carbocycles. The Morgan fingerprint density at radius 1 is 1.00 bits per heavy atom. The molecule has 0 aliphatic rings. The summed E-state index contributed by atoms with van der Waals surface area (Å²) >= 11 is 0. The molecule has 0 aromatic rings. The van der Waals surface area contributed by atoms with Gasteiger partial charge in [0.1, 0.15) is 0 Å². The fourth-order valence-electron chi connectivity index (χ4n) is 2.24. The smallest absolute Gasteiger partial charge is 0.0727 e. The highest BCUT2D eigenvalue weighted by Crippen LogP contribution is 2.24. The molecule has 0 fully saturated rings. The Bertz CT molecular complexity index is 180. The maximum absolute atomic E-state index is 5.94. The van der Waals surface area contributed by atoms with E-state index in [9.17, 15) is 0 Å². The van der Waals surface area contributed by atoms with Crippen LogP contribution in [0.3, 0.4) is 0 Å². The molecule has 0 amide bonds. The number of hydrogen-bond acceptors (Lipinski definition) is 2. The lowest BCUT2D eigenvalue weighted by Gasteiger charge is -2.30. The van der Waals surface area contributed by atoms with Crippen LogP contribution in [0.15, 0.2) is 0 Å². The summed E-state index contributed by atoms with van der Waals surface area (Å²) in [6, 6.07) is 0.518. The molecule has 0 spiro atoms. The summed E-state index contributed by atoms with van der Waals surface area (Å²) in [6.45, 7) is 15.4. The first-order valence-corrected chi connectivity index (χ1v) is 7.79. The Labute approximate surface area is 115 Å². The molecule has 0 aliphatic heterocycles. The van der Waals surface area contributed by atoms with Crippen molar-refractivity contribution in [2.45, 2.75) is 85.8 Å². The lowest BCUT2D eigenvalue weighted by Crippen LogP contribution is -2.42. The van der Waals surface area contributed by atoms with Crippen molar-refractivity contribution in [2.75, 3.05) is 13.2 Å². The van der Waals surface area contributed by atoms with Crippen LogP contribution in [0.1, 0.15) is 73.6 Å². The second kappa shape index (κ2) is 9.80. The molecule has 1 N–H and O–H groups in total. The second-order valence-corrected chi connectivity index (χ2v) is 6.44. The van der Waals surface area contributed by atoms with Gasteiger partial charge in [-0.25, -0.2) is 0 Å². The van der Waals surface area contributed by atoms with E-state index in [1.165, 1.54) is 32.1 Å². The molecule has 2 atom stereocenters. The van der Waals surface area contributed by atoms with E-state index in [2.05, 4.69) is 46.9 Å². The minimum absolute atomic E-state index is 0.383. The maximum atomic E-state index is 5.94. The van der Waals surface area contributed by atoms with Crippen molar-refractivity contribution >= 4 is 0 Å². The molecule has 110 valence electrons. The van der Waals surface area contributed by atoms with Gasteiger partial charge < -0.3 is 10.1 Å². The van der Waals surface area contributed by atoms with Crippen LogP contribution in [-0.2, 0) is 4.74 Å². The van der Waals surface area contributed by atoms with Crippen molar-refractivity contribution in [1.82, 2.24) is 5.32 Å². The summed E-state index contributed by atoms with van der Waals surface area (Å²) in [5.41, 5.74) is 0.412. The van der Waals surface area contributed by atoms with Crippen LogP contribution >= 0.6 is 0 Å². The van der Waals surface area contributed by atoms with Gasteiger partial charge in [-0.05, 0) is 44.6 Å². The summed E-state index contributed by atoms with van der Waals surface area (Å²) in [6.07, 6.45) is 6.41. The quantitative estimate of drug-likeness (QED) is 0.627. The summed E-state index contributed by atoms with van der Waals surface area (Å²) < 4.78 is 5.94. The lowest BCUT2D eigenvalue weighted by atomic mass is 9.87. The molecule has 0 radical (unpaired) electrons. The molecule has 0 aromatic heterocycles. The summed E-state index contributed by atoms with van der Waals surface area (Å²) in [7, 11) is 0. The van der Waals surface area contributed by atoms with E-state index in [0.717, 1.165) is 13.2 Å². The average molecular weight is 257 g/mol. The van der Waals surface area contributed by atoms with Crippen molar-refractivity contribution < 1.29 is 4.74 Å². The zero-order valence-corrected chi connectivity index (χ0v) is 13.5. The standard InChI is InChI=1S/C16H35NO/c1-7-10-15(18-9-3)14(17-13-8-2)11-12-16(4,5)6/h14-15,17H,7-13H2,1-6H3. The first kappa shape index (κ1) is 17.9. The molecule has 0 aliphatic carbocycles. The first-order chi connectivity index (χ1) is 8.44. The van der Waals surface area contributed by atoms with Crippen molar-refractivity contribution in [3.63, 3.8) is 0 Å². The van der Waals surface area contributed by atoms with Crippen LogP contribution in [0, 0.1) is 5.41 Å². The minimum Gasteiger partial charge on any atom is -0.377 e. The van der Waals surface area contributed by atoms with Crippen molar-refractivity contribution in [1.29, 1.82) is 0 Å². The normalized spacial score (nSPS) is 15.7. The Balaban J connectivity index is 4.40. The Morgan fingerprint density at radius 3 is 2.11 bits per heavy atom. The van der Waals surface area contributed by atoms with Gasteiger partial charge in [-0.15, -0.1) is 0 Å². The van der Waals surface area contributed by atoms with Gasteiger partial charge in [-0.2, -0.15) is 0 Å². The molecular weight excluding hydrogens is 222 g/mol. The number of ether oxygens (including phenoxy) is 1. The van der Waals surface area contributed by atoms with Crippen LogP contribution in [-0.4, -0.2) is 25.3 Å². The zero-order chi connectivity index (χ0) is 14.0. The van der Waals surface area contributed by atoms with E-state index in [4.69, 9.17) is 4.74 Å². The van der Waals surface area contributed by atoms with Gasteiger partial charge in [0.25, 0.3) is 0 Å². The number of rotatable bonds is 10. The van der Waals surface area contributed by atoms with Gasteiger partial charge in [0.15, 0.2) is 0 Å². The summed E-state index contributed by atoms with van der Waals surface area (Å²) in [5.74, 6) is 0. The Hall–Kier alpha value is -0.0800. The van der Waals surface area contributed by atoms with Crippen LogP contribution in [0.5, 0.6) is 0 Å². The van der Waals surface area contributed by atoms with Gasteiger partial charge >= 0.3 is 0 Å². The van der Waals surface area contributed by atoms with Gasteiger partial charge in [0.2, 0.25) is 0 Å². The maximum Gasteiger partial charge on any atom is 0.0727 e. The van der Waals surface area contributed by atoms with Crippen LogP contribution in [0.4, 0.5) is 0 Å². The van der Waals surface area contributed by atoms with E-state index in [1.54, 1.807) is 0 Å². The van der Waals surface area contributed by atoms with Crippen molar-refractivity contribution in [3.8, 4) is 0 Å². The topological polar surface area (TPSA) is 21.3 Å². The van der Waals surface area contributed by atoms with Gasteiger partial charge in [0, 0.05) is 12.6 Å². The molecule has 2 nitrogen and oxygen atoms in total. The predicted octanol–water partition coefficient (Wildman–Crippen LogP) is 4.39. The van der Waals surface area contributed by atoms with E-state index in [1.807, 2.05) is 0 Å². The second-order valence-electron chi connectivity index (χ2n) is 6.44. The highest BCUT2D eigenvalue weighted by molar-refractivity contribution is 4.79. The molecule has 2 heteroatoms. The molecule has 2 unspecified atom stereocenters. The molecule has 0 saturated heterocycles. The third-order valence-electron chi connectivity index (χ3n) is 3.26. The average Bonchev–Trinajstić information content (AvgIpc) is 2.28. The van der Waals surface area contributed by atoms with Gasteiger partial charge in [0.05, 0.1) is 6.10 Å². The number of nitrogens with one attached hydrogen (secondary N) is 1. The van der Waals surface area contributed by atoms with Crippen LogP contribution in [0.2, 0.25) is 0 Å². The van der Waals surface area contributed by atoms with Crippen molar-refractivity contribution in [2.24, 2.45) is 5.41 Å². The predicted molar refractivity (Wildman–Crippen MR) is 81.1 cm³/mol. The highest BCUT2D eigenvalue weighted by atomic mass is 16.5. The molecule has 0 bridgehead atoms. The van der Waals surface area contributed by atoms with Gasteiger partial charge in [-0.1, -0.05) is 41.0 Å². The monoisotopic (exact) mass is 257 g/mol. The molecule has 18 heavy (non-hydrogen) atoms. The summed E-state index contributed by atoms with van der Waals surface area (Å²) in [4.78, 5) is 0. The first-order valence-electron chi connectivity index (χ1n) is 7.79. The molecule has 0 saturated carbocycles. The zero-order valence-electron chi connectivity index (χ0n) is 13.5. The largest absolute Gasteiger partial charge is 0.377 e. The number of hydrogen-bond donors (Lipinski definition) is 1. The third kappa shape index (κ3) is 8.93. The fourth-order valence-corrected chi connectivity index (χ4v) is 2.24. The SMILES string of the molecule is CCCNC(CCC(C)(C)C)C(CCC)OCC. The lowest BCUT2D eigenvalue weighted by molar-refractivity contribution is 0.0232. The van der Waals surface area contributed by atoms with E-state index in [0.29, 0.717) is 17.6 Å². The van der Waals surface area contributed by atoms with Gasteiger partial charge in [-0.3, -0.25) is 0 Å².